The maximum atomic E-state index is 11.5. The highest BCUT2D eigenvalue weighted by Crippen LogP contribution is 2.02. The Bertz CT molecular complexity index is 463. The van der Waals surface area contributed by atoms with Gasteiger partial charge in [-0.15, -0.1) is 11.6 Å². The molecule has 0 spiro atoms. The summed E-state index contributed by atoms with van der Waals surface area (Å²) in [5.74, 6) is -0.964. The van der Waals surface area contributed by atoms with Crippen molar-refractivity contribution in [2.45, 2.75) is 12.3 Å². The molecule has 17 heavy (non-hydrogen) atoms. The van der Waals surface area contributed by atoms with Crippen LogP contribution in [0.15, 0.2) is 24.3 Å². The summed E-state index contributed by atoms with van der Waals surface area (Å²) in [7, 11) is 0. The molecule has 2 amide bonds. The van der Waals surface area contributed by atoms with Crippen molar-refractivity contribution < 1.29 is 9.59 Å². The number of halogens is 1. The predicted octanol–water partition coefficient (Wildman–Crippen LogP) is 0.947. The van der Waals surface area contributed by atoms with Crippen LogP contribution in [0.25, 0.3) is 0 Å². The van der Waals surface area contributed by atoms with E-state index in [0.717, 1.165) is 0 Å². The number of rotatable bonds is 2. The van der Waals surface area contributed by atoms with E-state index in [0.29, 0.717) is 11.1 Å². The van der Waals surface area contributed by atoms with E-state index in [1.165, 1.54) is 31.2 Å². The molecule has 0 saturated heterocycles. The molecule has 1 aromatic carbocycles. The van der Waals surface area contributed by atoms with E-state index < -0.39 is 17.2 Å². The van der Waals surface area contributed by atoms with Gasteiger partial charge in [-0.2, -0.15) is 5.26 Å². The van der Waals surface area contributed by atoms with Crippen molar-refractivity contribution in [3.8, 4) is 6.07 Å². The number of alkyl halides is 1. The standard InChI is InChI=1S/C11H10ClN3O2/c1-7(12)10(16)14-15-11(17)9-4-2-8(6-13)3-5-9/h2-5,7H,1H3,(H,14,16)(H,15,17)/t7-/m0/s1. The molecule has 1 aromatic rings. The van der Waals surface area contributed by atoms with E-state index in [9.17, 15) is 9.59 Å². The van der Waals surface area contributed by atoms with Crippen molar-refractivity contribution in [3.05, 3.63) is 35.4 Å². The van der Waals surface area contributed by atoms with E-state index in [-0.39, 0.29) is 0 Å². The van der Waals surface area contributed by atoms with Crippen molar-refractivity contribution in [3.63, 3.8) is 0 Å². The number of hydrogen-bond donors (Lipinski definition) is 2. The van der Waals surface area contributed by atoms with Gasteiger partial charge in [0.1, 0.15) is 5.38 Å². The zero-order valence-electron chi connectivity index (χ0n) is 9.03. The van der Waals surface area contributed by atoms with E-state index in [1.54, 1.807) is 0 Å². The maximum Gasteiger partial charge on any atom is 0.269 e. The zero-order valence-corrected chi connectivity index (χ0v) is 9.78. The number of benzene rings is 1. The van der Waals surface area contributed by atoms with E-state index in [4.69, 9.17) is 16.9 Å². The third-order valence-corrected chi connectivity index (χ3v) is 2.13. The van der Waals surface area contributed by atoms with Crippen LogP contribution in [0.2, 0.25) is 0 Å². The van der Waals surface area contributed by atoms with Crippen molar-refractivity contribution in [2.24, 2.45) is 0 Å². The number of nitrogens with one attached hydrogen (secondary N) is 2. The van der Waals surface area contributed by atoms with Crippen LogP contribution in [0, 0.1) is 11.3 Å². The number of carbonyl (C=O) groups is 2. The number of hydrazine groups is 1. The van der Waals surface area contributed by atoms with E-state index in [2.05, 4.69) is 10.9 Å². The Hall–Kier alpha value is -2.06. The second kappa shape index (κ2) is 5.87. The van der Waals surface area contributed by atoms with Gasteiger partial charge in [0.2, 0.25) is 0 Å². The van der Waals surface area contributed by atoms with Gasteiger partial charge in [0.05, 0.1) is 11.6 Å². The summed E-state index contributed by atoms with van der Waals surface area (Å²) in [6, 6.07) is 7.95. The molecule has 0 aromatic heterocycles. The number of carbonyl (C=O) groups excluding carboxylic acids is 2. The van der Waals surface area contributed by atoms with Crippen molar-refractivity contribution >= 4 is 23.4 Å². The highest BCUT2D eigenvalue weighted by atomic mass is 35.5. The number of hydrogen-bond acceptors (Lipinski definition) is 3. The van der Waals surface area contributed by atoms with Crippen LogP contribution < -0.4 is 10.9 Å². The summed E-state index contributed by atoms with van der Waals surface area (Å²) in [5.41, 5.74) is 5.18. The molecule has 2 N–H and O–H groups in total. The summed E-state index contributed by atoms with van der Waals surface area (Å²) in [6.45, 7) is 1.49. The molecule has 0 aliphatic carbocycles. The fourth-order valence-electron chi connectivity index (χ4n) is 0.986. The first-order valence-corrected chi connectivity index (χ1v) is 5.22. The van der Waals surface area contributed by atoms with Gasteiger partial charge in [-0.1, -0.05) is 0 Å². The molecule has 1 atom stereocenters. The minimum Gasteiger partial charge on any atom is -0.272 e. The molecule has 5 nitrogen and oxygen atoms in total. The number of amides is 2. The summed E-state index contributed by atoms with van der Waals surface area (Å²) < 4.78 is 0. The van der Waals surface area contributed by atoms with Gasteiger partial charge in [0.25, 0.3) is 11.8 Å². The second-order valence-electron chi connectivity index (χ2n) is 3.25. The fraction of sp³-hybridized carbons (Fsp3) is 0.182. The average molecular weight is 252 g/mol. The topological polar surface area (TPSA) is 82.0 Å². The van der Waals surface area contributed by atoms with Crippen molar-refractivity contribution in [1.29, 1.82) is 5.26 Å². The van der Waals surface area contributed by atoms with Crippen LogP contribution in [0.4, 0.5) is 0 Å². The zero-order chi connectivity index (χ0) is 12.8. The highest BCUT2D eigenvalue weighted by molar-refractivity contribution is 6.30. The quantitative estimate of drug-likeness (QED) is 0.606. The Kier molecular flexibility index (Phi) is 4.49. The summed E-state index contributed by atoms with van der Waals surface area (Å²) in [4.78, 5) is 22.6. The third kappa shape index (κ3) is 3.78. The number of nitriles is 1. The van der Waals surface area contributed by atoms with Crippen LogP contribution in [0.3, 0.4) is 0 Å². The summed E-state index contributed by atoms with van der Waals surface area (Å²) in [6.07, 6.45) is 0. The van der Waals surface area contributed by atoms with Gasteiger partial charge in [-0.25, -0.2) is 0 Å². The Morgan fingerprint density at radius 3 is 2.35 bits per heavy atom. The lowest BCUT2D eigenvalue weighted by atomic mass is 10.1. The lowest BCUT2D eigenvalue weighted by Gasteiger charge is -2.08. The molecule has 0 saturated carbocycles. The molecule has 0 fully saturated rings. The third-order valence-electron chi connectivity index (χ3n) is 1.94. The normalized spacial score (nSPS) is 11.1. The lowest BCUT2D eigenvalue weighted by Crippen LogP contribution is -2.44. The molecule has 0 unspecified atom stereocenters. The first-order valence-electron chi connectivity index (χ1n) is 4.79. The van der Waals surface area contributed by atoms with Gasteiger partial charge in [-0.05, 0) is 31.2 Å². The van der Waals surface area contributed by atoms with Crippen molar-refractivity contribution in [2.75, 3.05) is 0 Å². The summed E-state index contributed by atoms with van der Waals surface area (Å²) >= 11 is 5.50. The smallest absolute Gasteiger partial charge is 0.269 e. The Morgan fingerprint density at radius 1 is 1.29 bits per heavy atom. The van der Waals surface area contributed by atoms with Gasteiger partial charge < -0.3 is 0 Å². The fourth-order valence-corrected chi connectivity index (χ4v) is 1.04. The van der Waals surface area contributed by atoms with Crippen molar-refractivity contribution in [1.82, 2.24) is 10.9 Å². The van der Waals surface area contributed by atoms with Crippen LogP contribution in [0.1, 0.15) is 22.8 Å². The Balaban J connectivity index is 2.59. The van der Waals surface area contributed by atoms with Crippen LogP contribution >= 0.6 is 11.6 Å². The molecule has 0 aliphatic heterocycles. The molecule has 0 aliphatic rings. The largest absolute Gasteiger partial charge is 0.272 e. The highest BCUT2D eigenvalue weighted by Gasteiger charge is 2.10. The molecular formula is C11H10ClN3O2. The lowest BCUT2D eigenvalue weighted by molar-refractivity contribution is -0.121. The second-order valence-corrected chi connectivity index (χ2v) is 3.90. The first-order chi connectivity index (χ1) is 8.04. The Labute approximate surface area is 103 Å². The van der Waals surface area contributed by atoms with Gasteiger partial charge in [0, 0.05) is 5.56 Å². The monoisotopic (exact) mass is 251 g/mol. The Morgan fingerprint density at radius 2 is 1.88 bits per heavy atom. The maximum absolute atomic E-state index is 11.5. The summed E-state index contributed by atoms with van der Waals surface area (Å²) in [5, 5.41) is 7.86. The van der Waals surface area contributed by atoms with E-state index >= 15 is 0 Å². The average Bonchev–Trinajstić information content (AvgIpc) is 2.35. The molecule has 88 valence electrons. The predicted molar refractivity (Wildman–Crippen MR) is 62.1 cm³/mol. The molecule has 0 heterocycles. The molecule has 0 bridgehead atoms. The van der Waals surface area contributed by atoms with Crippen LogP contribution in [-0.2, 0) is 4.79 Å². The minimum atomic E-state index is -0.726. The SMILES string of the molecule is C[C@H](Cl)C(=O)NNC(=O)c1ccc(C#N)cc1. The number of nitrogens with zero attached hydrogens (tertiary/aromatic N) is 1. The van der Waals surface area contributed by atoms with Crippen LogP contribution in [-0.4, -0.2) is 17.2 Å². The molecule has 6 heteroatoms. The molecule has 1 rings (SSSR count). The van der Waals surface area contributed by atoms with E-state index in [1.807, 2.05) is 6.07 Å². The van der Waals surface area contributed by atoms with Crippen LogP contribution in [0.5, 0.6) is 0 Å². The molecular weight excluding hydrogens is 242 g/mol. The first kappa shape index (κ1) is 13.0. The van der Waals surface area contributed by atoms with Gasteiger partial charge in [0.15, 0.2) is 0 Å². The molecule has 0 radical (unpaired) electrons. The van der Waals surface area contributed by atoms with Gasteiger partial charge >= 0.3 is 0 Å². The van der Waals surface area contributed by atoms with Gasteiger partial charge in [-0.3, -0.25) is 20.4 Å². The minimum absolute atomic E-state index is 0.339.